The van der Waals surface area contributed by atoms with Crippen molar-refractivity contribution in [3.63, 3.8) is 0 Å². The number of carbonyl (C=O) groups excluding carboxylic acids is 1. The second-order valence-corrected chi connectivity index (χ2v) is 3.34. The molecule has 0 bridgehead atoms. The highest BCUT2D eigenvalue weighted by atomic mass is 16.5. The van der Waals surface area contributed by atoms with Crippen LogP contribution in [0.1, 0.15) is 13.8 Å². The molecule has 0 spiro atoms. The van der Waals surface area contributed by atoms with Gasteiger partial charge in [-0.1, -0.05) is 0 Å². The fourth-order valence-corrected chi connectivity index (χ4v) is 1.39. The molecule has 0 saturated carbocycles. The van der Waals surface area contributed by atoms with E-state index in [0.29, 0.717) is 0 Å². The Hall–Kier alpha value is -0.490. The molecule has 0 amide bonds. The fourth-order valence-electron chi connectivity index (χ4n) is 1.39. The smallest absolute Gasteiger partial charge is 0.161 e. The lowest BCUT2D eigenvalue weighted by Crippen LogP contribution is -2.58. The summed E-state index contributed by atoms with van der Waals surface area (Å²) in [5.41, 5.74) is 0. The Morgan fingerprint density at radius 3 is 2.15 bits per heavy atom. The van der Waals surface area contributed by atoms with E-state index in [2.05, 4.69) is 0 Å². The summed E-state index contributed by atoms with van der Waals surface area (Å²) in [6.45, 7) is 2.81. The third kappa shape index (κ3) is 1.88. The summed E-state index contributed by atoms with van der Waals surface area (Å²) in [6.07, 6.45) is -5.49. The summed E-state index contributed by atoms with van der Waals surface area (Å²) < 4.78 is 5.03. The molecule has 5 nitrogen and oxygen atoms in total. The molecule has 5 heteroatoms. The van der Waals surface area contributed by atoms with E-state index < -0.39 is 30.5 Å². The number of ketones is 1. The number of aliphatic hydroxyl groups excluding tert-OH is 3. The summed E-state index contributed by atoms with van der Waals surface area (Å²) in [5.74, 6) is -0.356. The monoisotopic (exact) mass is 190 g/mol. The first-order chi connectivity index (χ1) is 5.95. The van der Waals surface area contributed by atoms with Crippen LogP contribution in [0.15, 0.2) is 0 Å². The number of ether oxygens (including phenoxy) is 1. The minimum Gasteiger partial charge on any atom is -0.388 e. The van der Waals surface area contributed by atoms with Crippen LogP contribution in [0.4, 0.5) is 0 Å². The van der Waals surface area contributed by atoms with Gasteiger partial charge in [0.25, 0.3) is 0 Å². The zero-order chi connectivity index (χ0) is 10.2. The summed E-state index contributed by atoms with van der Waals surface area (Å²) >= 11 is 0. The summed E-state index contributed by atoms with van der Waals surface area (Å²) in [6, 6.07) is 0. The zero-order valence-corrected chi connectivity index (χ0v) is 7.54. The van der Waals surface area contributed by atoms with E-state index in [4.69, 9.17) is 4.74 Å². The molecule has 1 rings (SSSR count). The van der Waals surface area contributed by atoms with Crippen LogP contribution in [0.5, 0.6) is 0 Å². The lowest BCUT2D eigenvalue weighted by molar-refractivity contribution is -0.214. The highest BCUT2D eigenvalue weighted by Gasteiger charge is 2.43. The number of rotatable bonds is 1. The Bertz CT molecular complexity index is 205. The van der Waals surface area contributed by atoms with E-state index in [1.165, 1.54) is 13.8 Å². The molecule has 1 unspecified atom stereocenters. The van der Waals surface area contributed by atoms with Crippen molar-refractivity contribution in [1.29, 1.82) is 0 Å². The number of hydrogen-bond donors (Lipinski definition) is 3. The van der Waals surface area contributed by atoms with Gasteiger partial charge >= 0.3 is 0 Å². The molecule has 0 aromatic rings. The van der Waals surface area contributed by atoms with Gasteiger partial charge in [-0.05, 0) is 13.8 Å². The molecular formula is C8H14O5. The minimum atomic E-state index is -1.34. The van der Waals surface area contributed by atoms with Gasteiger partial charge in [-0.15, -0.1) is 0 Å². The maximum Gasteiger partial charge on any atom is 0.161 e. The van der Waals surface area contributed by atoms with Crippen molar-refractivity contribution in [1.82, 2.24) is 0 Å². The van der Waals surface area contributed by atoms with Gasteiger partial charge in [0.05, 0.1) is 6.10 Å². The van der Waals surface area contributed by atoms with Crippen LogP contribution in [0.2, 0.25) is 0 Å². The first kappa shape index (κ1) is 10.6. The summed E-state index contributed by atoms with van der Waals surface area (Å²) in [7, 11) is 0. The maximum atomic E-state index is 10.9. The molecule has 1 aliphatic heterocycles. The van der Waals surface area contributed by atoms with Crippen LogP contribution in [0.3, 0.4) is 0 Å². The highest BCUT2D eigenvalue weighted by molar-refractivity contribution is 5.81. The van der Waals surface area contributed by atoms with Crippen LogP contribution in [0.25, 0.3) is 0 Å². The van der Waals surface area contributed by atoms with Gasteiger partial charge in [0.2, 0.25) is 0 Å². The molecule has 1 saturated heterocycles. The normalized spacial score (nSPS) is 46.1. The van der Waals surface area contributed by atoms with Crippen molar-refractivity contribution in [3.8, 4) is 0 Å². The molecule has 5 atom stereocenters. The van der Waals surface area contributed by atoms with Crippen molar-refractivity contribution in [2.24, 2.45) is 0 Å². The SMILES string of the molecule is CC(=O)[C@H]1OC(C)[C@H](O)[C@@H](O)[C@@H]1O. The zero-order valence-electron chi connectivity index (χ0n) is 7.54. The molecule has 0 aromatic carbocycles. The van der Waals surface area contributed by atoms with Gasteiger partial charge in [0, 0.05) is 0 Å². The van der Waals surface area contributed by atoms with Crippen molar-refractivity contribution >= 4 is 5.78 Å². The van der Waals surface area contributed by atoms with Crippen LogP contribution >= 0.6 is 0 Å². The van der Waals surface area contributed by atoms with Crippen molar-refractivity contribution in [2.45, 2.75) is 44.4 Å². The van der Waals surface area contributed by atoms with E-state index in [0.717, 1.165) is 0 Å². The Morgan fingerprint density at radius 1 is 1.15 bits per heavy atom. The largest absolute Gasteiger partial charge is 0.388 e. The number of aliphatic hydroxyl groups is 3. The first-order valence-electron chi connectivity index (χ1n) is 4.15. The second kappa shape index (κ2) is 3.71. The van der Waals surface area contributed by atoms with Crippen molar-refractivity contribution in [3.05, 3.63) is 0 Å². The predicted octanol–water partition coefficient (Wildman–Crippen LogP) is -1.55. The van der Waals surface area contributed by atoms with Crippen LogP contribution < -0.4 is 0 Å². The molecule has 1 heterocycles. The Balaban J connectivity index is 2.76. The predicted molar refractivity (Wildman–Crippen MR) is 43.0 cm³/mol. The molecular weight excluding hydrogens is 176 g/mol. The van der Waals surface area contributed by atoms with E-state index in [1.807, 2.05) is 0 Å². The Morgan fingerprint density at radius 2 is 1.69 bits per heavy atom. The molecule has 3 N–H and O–H groups in total. The van der Waals surface area contributed by atoms with Gasteiger partial charge in [-0.25, -0.2) is 0 Å². The van der Waals surface area contributed by atoms with Gasteiger partial charge in [0.1, 0.15) is 24.4 Å². The lowest BCUT2D eigenvalue weighted by atomic mass is 9.94. The van der Waals surface area contributed by atoms with Gasteiger partial charge < -0.3 is 20.1 Å². The van der Waals surface area contributed by atoms with Crippen molar-refractivity contribution < 1.29 is 24.9 Å². The van der Waals surface area contributed by atoms with Crippen molar-refractivity contribution in [2.75, 3.05) is 0 Å². The summed E-state index contributed by atoms with van der Waals surface area (Å²) in [5, 5.41) is 27.9. The third-order valence-corrected chi connectivity index (χ3v) is 2.25. The fraction of sp³-hybridized carbons (Fsp3) is 0.875. The average Bonchev–Trinajstić information content (AvgIpc) is 2.07. The Labute approximate surface area is 75.9 Å². The molecule has 0 aromatic heterocycles. The van der Waals surface area contributed by atoms with E-state index in [1.54, 1.807) is 0 Å². The quantitative estimate of drug-likeness (QED) is 0.466. The number of carbonyl (C=O) groups is 1. The average molecular weight is 190 g/mol. The second-order valence-electron chi connectivity index (χ2n) is 3.34. The third-order valence-electron chi connectivity index (χ3n) is 2.25. The molecule has 0 aliphatic carbocycles. The molecule has 1 fully saturated rings. The van der Waals surface area contributed by atoms with Gasteiger partial charge in [-0.3, -0.25) is 4.79 Å². The minimum absolute atomic E-state index is 0.356. The van der Waals surface area contributed by atoms with E-state index in [9.17, 15) is 20.1 Å². The number of hydrogen-bond acceptors (Lipinski definition) is 5. The van der Waals surface area contributed by atoms with Crippen LogP contribution in [0, 0.1) is 0 Å². The van der Waals surface area contributed by atoms with E-state index in [-0.39, 0.29) is 5.78 Å². The highest BCUT2D eigenvalue weighted by Crippen LogP contribution is 2.21. The molecule has 13 heavy (non-hydrogen) atoms. The standard InChI is InChI=1S/C8H14O5/c1-3(9)8-7(12)6(11)5(10)4(2)13-8/h4-8,10-12H,1-2H3/t4?,5-,6+,7-,8+/m0/s1. The first-order valence-corrected chi connectivity index (χ1v) is 4.15. The maximum absolute atomic E-state index is 10.9. The molecule has 1 aliphatic rings. The van der Waals surface area contributed by atoms with Crippen LogP contribution in [-0.4, -0.2) is 51.6 Å². The Kier molecular flexibility index (Phi) is 3.02. The molecule has 76 valence electrons. The van der Waals surface area contributed by atoms with Gasteiger partial charge in [0.15, 0.2) is 5.78 Å². The lowest BCUT2D eigenvalue weighted by Gasteiger charge is -2.38. The van der Waals surface area contributed by atoms with Crippen LogP contribution in [-0.2, 0) is 9.53 Å². The topological polar surface area (TPSA) is 87.0 Å². The van der Waals surface area contributed by atoms with Gasteiger partial charge in [-0.2, -0.15) is 0 Å². The number of Topliss-reactive ketones (excluding diaryl/α,β-unsaturated/α-hetero) is 1. The molecule has 0 radical (unpaired) electrons. The van der Waals surface area contributed by atoms with E-state index >= 15 is 0 Å². The summed E-state index contributed by atoms with van der Waals surface area (Å²) in [4.78, 5) is 10.9.